The number of aryl methyl sites for hydroxylation is 1. The van der Waals surface area contributed by atoms with Crippen LogP contribution < -0.4 is 10.2 Å². The number of anilines is 2. The van der Waals surface area contributed by atoms with E-state index in [0.717, 1.165) is 25.9 Å². The van der Waals surface area contributed by atoms with Crippen molar-refractivity contribution in [1.29, 1.82) is 0 Å². The molecule has 6 nitrogen and oxygen atoms in total. The number of carbonyl (C=O) groups is 1. The lowest BCUT2D eigenvalue weighted by molar-refractivity contribution is -0.384. The Labute approximate surface area is 111 Å². The smallest absolute Gasteiger partial charge is 0.292 e. The van der Waals surface area contributed by atoms with E-state index in [4.69, 9.17) is 0 Å². The number of nitrogens with one attached hydrogen (secondary N) is 1. The Bertz CT molecular complexity index is 522. The minimum Gasteiger partial charge on any atom is -0.366 e. The predicted octanol–water partition coefficient (Wildman–Crippen LogP) is 2.46. The van der Waals surface area contributed by atoms with Crippen LogP contribution in [0.4, 0.5) is 17.1 Å². The maximum absolute atomic E-state index is 11.2. The second-order valence-corrected chi connectivity index (χ2v) is 4.79. The molecule has 1 heterocycles. The third kappa shape index (κ3) is 2.83. The van der Waals surface area contributed by atoms with E-state index in [9.17, 15) is 14.9 Å². The monoisotopic (exact) mass is 263 g/mol. The molecule has 0 radical (unpaired) electrons. The molecule has 0 aromatic heterocycles. The van der Waals surface area contributed by atoms with Gasteiger partial charge in [0.2, 0.25) is 5.91 Å². The van der Waals surface area contributed by atoms with Crippen molar-refractivity contribution < 1.29 is 9.72 Å². The molecule has 1 aliphatic rings. The number of benzene rings is 1. The highest BCUT2D eigenvalue weighted by Crippen LogP contribution is 2.35. The van der Waals surface area contributed by atoms with Crippen LogP contribution >= 0.6 is 0 Å². The summed E-state index contributed by atoms with van der Waals surface area (Å²) in [5, 5.41) is 13.9. The van der Waals surface area contributed by atoms with Gasteiger partial charge in [0.15, 0.2) is 0 Å². The molecule has 1 aromatic carbocycles. The van der Waals surface area contributed by atoms with Crippen LogP contribution in [0.2, 0.25) is 0 Å². The first-order chi connectivity index (χ1) is 8.99. The quantitative estimate of drug-likeness (QED) is 0.671. The minimum absolute atomic E-state index is 0.105. The average molecular weight is 263 g/mol. The molecule has 0 saturated carbocycles. The van der Waals surface area contributed by atoms with E-state index in [1.54, 1.807) is 13.0 Å². The van der Waals surface area contributed by atoms with Gasteiger partial charge in [-0.15, -0.1) is 0 Å². The molecule has 0 atom stereocenters. The number of nitrogens with zero attached hydrogens (tertiary/aromatic N) is 2. The second-order valence-electron chi connectivity index (χ2n) is 4.79. The van der Waals surface area contributed by atoms with Crippen LogP contribution in [0.3, 0.4) is 0 Å². The van der Waals surface area contributed by atoms with E-state index >= 15 is 0 Å². The van der Waals surface area contributed by atoms with Gasteiger partial charge in [-0.1, -0.05) is 0 Å². The molecule has 1 saturated heterocycles. The highest BCUT2D eigenvalue weighted by Gasteiger charge is 2.23. The Hall–Kier alpha value is -2.11. The summed E-state index contributed by atoms with van der Waals surface area (Å²) in [5.41, 5.74) is 2.04. The van der Waals surface area contributed by atoms with Crippen molar-refractivity contribution in [2.24, 2.45) is 0 Å². The molecular formula is C13H17N3O3. The number of hydrogen-bond acceptors (Lipinski definition) is 4. The lowest BCUT2D eigenvalue weighted by Crippen LogP contribution is -2.19. The summed E-state index contributed by atoms with van der Waals surface area (Å²) in [7, 11) is 0. The van der Waals surface area contributed by atoms with Crippen molar-refractivity contribution in [2.75, 3.05) is 23.3 Å². The van der Waals surface area contributed by atoms with Crippen LogP contribution in [0.1, 0.15) is 25.3 Å². The van der Waals surface area contributed by atoms with Gasteiger partial charge in [0.1, 0.15) is 5.69 Å². The number of hydrogen-bond donors (Lipinski definition) is 1. The molecule has 102 valence electrons. The molecule has 1 aliphatic heterocycles. The van der Waals surface area contributed by atoms with E-state index in [1.807, 2.05) is 4.90 Å². The first-order valence-electron chi connectivity index (χ1n) is 6.30. The van der Waals surface area contributed by atoms with Crippen LogP contribution in [0, 0.1) is 17.0 Å². The number of rotatable bonds is 3. The van der Waals surface area contributed by atoms with Crippen molar-refractivity contribution in [3.05, 3.63) is 27.8 Å². The fourth-order valence-corrected chi connectivity index (χ4v) is 2.36. The fourth-order valence-electron chi connectivity index (χ4n) is 2.36. The number of amides is 1. The second kappa shape index (κ2) is 5.26. The van der Waals surface area contributed by atoms with Gasteiger partial charge in [0.25, 0.3) is 5.69 Å². The van der Waals surface area contributed by atoms with Crippen LogP contribution in [-0.4, -0.2) is 23.9 Å². The zero-order valence-corrected chi connectivity index (χ0v) is 11.1. The predicted molar refractivity (Wildman–Crippen MR) is 73.6 cm³/mol. The molecule has 0 bridgehead atoms. The fraction of sp³-hybridized carbons (Fsp3) is 0.462. The summed E-state index contributed by atoms with van der Waals surface area (Å²) in [6.07, 6.45) is 2.08. The molecule has 1 N–H and O–H groups in total. The van der Waals surface area contributed by atoms with Gasteiger partial charge in [-0.05, 0) is 31.4 Å². The van der Waals surface area contributed by atoms with Crippen molar-refractivity contribution in [3.63, 3.8) is 0 Å². The van der Waals surface area contributed by atoms with Crippen LogP contribution in [0.15, 0.2) is 12.1 Å². The number of carbonyl (C=O) groups excluding carboxylic acids is 1. The Kier molecular flexibility index (Phi) is 3.69. The highest BCUT2D eigenvalue weighted by molar-refractivity contribution is 5.91. The average Bonchev–Trinajstić information content (AvgIpc) is 2.84. The van der Waals surface area contributed by atoms with Crippen molar-refractivity contribution >= 4 is 23.0 Å². The Morgan fingerprint density at radius 3 is 2.53 bits per heavy atom. The van der Waals surface area contributed by atoms with Crippen molar-refractivity contribution in [2.45, 2.75) is 26.7 Å². The SMILES string of the molecule is CC(=O)Nc1cc(N2CCCC2)c([N+](=O)[O-])cc1C. The number of nitro groups is 1. The van der Waals surface area contributed by atoms with Gasteiger partial charge in [0.05, 0.1) is 4.92 Å². The van der Waals surface area contributed by atoms with Gasteiger partial charge in [-0.2, -0.15) is 0 Å². The summed E-state index contributed by atoms with van der Waals surface area (Å²) in [5.74, 6) is -0.177. The third-order valence-electron chi connectivity index (χ3n) is 3.28. The molecule has 1 aromatic rings. The Balaban J connectivity index is 2.47. The molecular weight excluding hydrogens is 246 g/mol. The zero-order valence-electron chi connectivity index (χ0n) is 11.1. The van der Waals surface area contributed by atoms with Gasteiger partial charge in [0, 0.05) is 31.8 Å². The molecule has 6 heteroatoms. The molecule has 1 amide bonds. The lowest BCUT2D eigenvalue weighted by Gasteiger charge is -2.19. The summed E-state index contributed by atoms with van der Waals surface area (Å²) >= 11 is 0. The highest BCUT2D eigenvalue weighted by atomic mass is 16.6. The van der Waals surface area contributed by atoms with Gasteiger partial charge < -0.3 is 10.2 Å². The molecule has 2 rings (SSSR count). The first kappa shape index (κ1) is 13.3. The van der Waals surface area contributed by atoms with E-state index in [1.165, 1.54) is 13.0 Å². The van der Waals surface area contributed by atoms with Crippen molar-refractivity contribution in [1.82, 2.24) is 0 Å². The number of nitro benzene ring substituents is 1. The molecule has 19 heavy (non-hydrogen) atoms. The van der Waals surface area contributed by atoms with E-state index in [-0.39, 0.29) is 16.5 Å². The Morgan fingerprint density at radius 2 is 2.00 bits per heavy atom. The van der Waals surface area contributed by atoms with Crippen LogP contribution in [0.5, 0.6) is 0 Å². The summed E-state index contributed by atoms with van der Waals surface area (Å²) < 4.78 is 0. The first-order valence-corrected chi connectivity index (χ1v) is 6.30. The topological polar surface area (TPSA) is 75.5 Å². The normalized spacial score (nSPS) is 14.5. The van der Waals surface area contributed by atoms with E-state index in [2.05, 4.69) is 5.32 Å². The summed E-state index contributed by atoms with van der Waals surface area (Å²) in [4.78, 5) is 24.0. The zero-order chi connectivity index (χ0) is 14.0. The molecule has 0 unspecified atom stereocenters. The van der Waals surface area contributed by atoms with Crippen molar-refractivity contribution in [3.8, 4) is 0 Å². The molecule has 0 spiro atoms. The van der Waals surface area contributed by atoms with Crippen LogP contribution in [-0.2, 0) is 4.79 Å². The van der Waals surface area contributed by atoms with Gasteiger partial charge in [-0.25, -0.2) is 0 Å². The van der Waals surface area contributed by atoms with E-state index < -0.39 is 0 Å². The molecule has 0 aliphatic carbocycles. The third-order valence-corrected chi connectivity index (χ3v) is 3.28. The largest absolute Gasteiger partial charge is 0.366 e. The van der Waals surface area contributed by atoms with Gasteiger partial charge in [-0.3, -0.25) is 14.9 Å². The van der Waals surface area contributed by atoms with E-state index in [0.29, 0.717) is 16.9 Å². The van der Waals surface area contributed by atoms with Gasteiger partial charge >= 0.3 is 0 Å². The Morgan fingerprint density at radius 1 is 1.37 bits per heavy atom. The maximum atomic E-state index is 11.2. The maximum Gasteiger partial charge on any atom is 0.292 e. The lowest BCUT2D eigenvalue weighted by atomic mass is 10.1. The van der Waals surface area contributed by atoms with Crippen LogP contribution in [0.25, 0.3) is 0 Å². The summed E-state index contributed by atoms with van der Waals surface area (Å²) in [6, 6.07) is 3.24. The summed E-state index contributed by atoms with van der Waals surface area (Å²) in [6.45, 7) is 4.83. The standard InChI is InChI=1S/C13H17N3O3/c1-9-7-13(16(18)19)12(15-5-3-4-6-15)8-11(9)14-10(2)17/h7-8H,3-6H2,1-2H3,(H,14,17). The molecule has 1 fully saturated rings. The minimum atomic E-state index is -0.363.